The molecule has 0 aliphatic heterocycles. The standard InChI is InChI=1S/C10H12N4O/c1-8-4-13-10(15-8)6-12-5-9-2-3-11-7-14-9/h2-4,7,12H,5-6H2,1H3. The van der Waals surface area contributed by atoms with Gasteiger partial charge in [-0.3, -0.25) is 0 Å². The van der Waals surface area contributed by atoms with E-state index in [1.807, 2.05) is 13.0 Å². The lowest BCUT2D eigenvalue weighted by molar-refractivity contribution is 0.448. The quantitative estimate of drug-likeness (QED) is 0.806. The molecular weight excluding hydrogens is 192 g/mol. The first kappa shape index (κ1) is 9.79. The summed E-state index contributed by atoms with van der Waals surface area (Å²) in [4.78, 5) is 12.0. The molecule has 2 heterocycles. The van der Waals surface area contributed by atoms with Crippen LogP contribution in [0.3, 0.4) is 0 Å². The van der Waals surface area contributed by atoms with Crippen molar-refractivity contribution < 1.29 is 4.42 Å². The van der Waals surface area contributed by atoms with Gasteiger partial charge >= 0.3 is 0 Å². The molecule has 15 heavy (non-hydrogen) atoms. The SMILES string of the molecule is Cc1cnc(CNCc2ccncn2)o1. The molecule has 0 amide bonds. The molecule has 78 valence electrons. The molecule has 0 saturated heterocycles. The molecule has 2 rings (SSSR count). The summed E-state index contributed by atoms with van der Waals surface area (Å²) in [6, 6.07) is 1.87. The zero-order valence-electron chi connectivity index (χ0n) is 8.47. The van der Waals surface area contributed by atoms with E-state index in [0.717, 1.165) is 11.5 Å². The number of hydrogen-bond donors (Lipinski definition) is 1. The Balaban J connectivity index is 1.80. The maximum atomic E-state index is 5.32. The van der Waals surface area contributed by atoms with Gasteiger partial charge in [-0.15, -0.1) is 0 Å². The van der Waals surface area contributed by atoms with Crippen LogP contribution in [0.1, 0.15) is 17.3 Å². The minimum Gasteiger partial charge on any atom is -0.445 e. The zero-order chi connectivity index (χ0) is 10.5. The summed E-state index contributed by atoms with van der Waals surface area (Å²) in [5, 5.41) is 3.18. The smallest absolute Gasteiger partial charge is 0.208 e. The number of aromatic nitrogens is 3. The van der Waals surface area contributed by atoms with E-state index in [4.69, 9.17) is 4.42 Å². The second-order valence-electron chi connectivity index (χ2n) is 3.17. The molecule has 0 radical (unpaired) electrons. The third kappa shape index (κ3) is 2.85. The number of oxazole rings is 1. The van der Waals surface area contributed by atoms with Gasteiger partial charge < -0.3 is 9.73 Å². The van der Waals surface area contributed by atoms with Crippen LogP contribution in [0.2, 0.25) is 0 Å². The van der Waals surface area contributed by atoms with Crippen LogP contribution in [0.4, 0.5) is 0 Å². The molecule has 0 atom stereocenters. The molecule has 0 spiro atoms. The van der Waals surface area contributed by atoms with Crippen LogP contribution in [0.5, 0.6) is 0 Å². The Morgan fingerprint density at radius 1 is 1.33 bits per heavy atom. The molecule has 0 bridgehead atoms. The van der Waals surface area contributed by atoms with E-state index >= 15 is 0 Å². The van der Waals surface area contributed by atoms with E-state index in [9.17, 15) is 0 Å². The molecule has 0 fully saturated rings. The van der Waals surface area contributed by atoms with Gasteiger partial charge in [-0.2, -0.15) is 0 Å². The van der Waals surface area contributed by atoms with Crippen LogP contribution in [0, 0.1) is 6.92 Å². The minimum atomic E-state index is 0.609. The fourth-order valence-electron chi connectivity index (χ4n) is 1.20. The van der Waals surface area contributed by atoms with E-state index in [-0.39, 0.29) is 0 Å². The van der Waals surface area contributed by atoms with Gasteiger partial charge in [-0.25, -0.2) is 15.0 Å². The highest BCUT2D eigenvalue weighted by atomic mass is 16.4. The maximum absolute atomic E-state index is 5.32. The summed E-state index contributed by atoms with van der Waals surface area (Å²) < 4.78 is 5.32. The fraction of sp³-hybridized carbons (Fsp3) is 0.300. The van der Waals surface area contributed by atoms with Gasteiger partial charge in [0.15, 0.2) is 0 Å². The first-order valence-corrected chi connectivity index (χ1v) is 4.71. The zero-order valence-corrected chi connectivity index (χ0v) is 8.47. The molecule has 5 heteroatoms. The Kier molecular flexibility index (Phi) is 3.04. The summed E-state index contributed by atoms with van der Waals surface area (Å²) in [5.41, 5.74) is 0.952. The van der Waals surface area contributed by atoms with Gasteiger partial charge in [0.05, 0.1) is 18.4 Å². The molecule has 0 aliphatic rings. The van der Waals surface area contributed by atoms with Crippen molar-refractivity contribution in [1.29, 1.82) is 0 Å². The Morgan fingerprint density at radius 3 is 2.93 bits per heavy atom. The van der Waals surface area contributed by atoms with Crippen molar-refractivity contribution in [3.05, 3.63) is 42.1 Å². The van der Waals surface area contributed by atoms with E-state index in [1.54, 1.807) is 12.4 Å². The number of nitrogens with zero attached hydrogens (tertiary/aromatic N) is 3. The van der Waals surface area contributed by atoms with Crippen molar-refractivity contribution in [1.82, 2.24) is 20.3 Å². The van der Waals surface area contributed by atoms with Gasteiger partial charge in [-0.1, -0.05) is 0 Å². The largest absolute Gasteiger partial charge is 0.445 e. The van der Waals surface area contributed by atoms with E-state index in [1.165, 1.54) is 6.33 Å². The average Bonchev–Trinajstić information content (AvgIpc) is 2.66. The highest BCUT2D eigenvalue weighted by molar-refractivity contribution is 4.97. The first-order valence-electron chi connectivity index (χ1n) is 4.71. The summed E-state index contributed by atoms with van der Waals surface area (Å²) in [5.74, 6) is 1.52. The van der Waals surface area contributed by atoms with Gasteiger partial charge in [0, 0.05) is 12.7 Å². The van der Waals surface area contributed by atoms with Crippen LogP contribution in [-0.4, -0.2) is 15.0 Å². The van der Waals surface area contributed by atoms with Crippen molar-refractivity contribution in [3.63, 3.8) is 0 Å². The Bertz CT molecular complexity index is 412. The number of hydrogen-bond acceptors (Lipinski definition) is 5. The predicted octanol–water partition coefficient (Wildman–Crippen LogP) is 1.06. The lowest BCUT2D eigenvalue weighted by Gasteiger charge is -2.00. The topological polar surface area (TPSA) is 63.8 Å². The summed E-state index contributed by atoms with van der Waals surface area (Å²) in [7, 11) is 0. The molecule has 2 aromatic rings. The van der Waals surface area contributed by atoms with Crippen LogP contribution in [0.25, 0.3) is 0 Å². The van der Waals surface area contributed by atoms with Crippen molar-refractivity contribution in [2.75, 3.05) is 0 Å². The van der Waals surface area contributed by atoms with Crippen LogP contribution >= 0.6 is 0 Å². The van der Waals surface area contributed by atoms with Crippen LogP contribution in [-0.2, 0) is 13.1 Å². The molecule has 0 aromatic carbocycles. The lowest BCUT2D eigenvalue weighted by atomic mass is 10.4. The number of nitrogens with one attached hydrogen (secondary N) is 1. The van der Waals surface area contributed by atoms with Gasteiger partial charge in [-0.05, 0) is 13.0 Å². The van der Waals surface area contributed by atoms with Crippen molar-refractivity contribution in [2.45, 2.75) is 20.0 Å². The third-order valence-corrected chi connectivity index (χ3v) is 1.89. The first-order chi connectivity index (χ1) is 7.34. The second kappa shape index (κ2) is 4.65. The fourth-order valence-corrected chi connectivity index (χ4v) is 1.20. The Labute approximate surface area is 87.6 Å². The second-order valence-corrected chi connectivity index (χ2v) is 3.17. The van der Waals surface area contributed by atoms with Gasteiger partial charge in [0.1, 0.15) is 12.1 Å². The molecule has 0 unspecified atom stereocenters. The van der Waals surface area contributed by atoms with Gasteiger partial charge in [0.2, 0.25) is 5.89 Å². The highest BCUT2D eigenvalue weighted by Gasteiger charge is 1.99. The van der Waals surface area contributed by atoms with Crippen molar-refractivity contribution in [2.24, 2.45) is 0 Å². The maximum Gasteiger partial charge on any atom is 0.208 e. The normalized spacial score (nSPS) is 10.5. The molecular formula is C10H12N4O. The molecule has 0 saturated carbocycles. The Morgan fingerprint density at radius 2 is 2.27 bits per heavy atom. The number of aryl methyl sites for hydroxylation is 1. The van der Waals surface area contributed by atoms with E-state index < -0.39 is 0 Å². The molecule has 0 aliphatic carbocycles. The van der Waals surface area contributed by atoms with E-state index in [0.29, 0.717) is 19.0 Å². The minimum absolute atomic E-state index is 0.609. The highest BCUT2D eigenvalue weighted by Crippen LogP contribution is 2.01. The molecule has 1 N–H and O–H groups in total. The van der Waals surface area contributed by atoms with E-state index in [2.05, 4.69) is 20.3 Å². The monoisotopic (exact) mass is 204 g/mol. The molecule has 2 aromatic heterocycles. The lowest BCUT2D eigenvalue weighted by Crippen LogP contribution is -2.13. The van der Waals surface area contributed by atoms with Gasteiger partial charge in [0.25, 0.3) is 0 Å². The van der Waals surface area contributed by atoms with Crippen LogP contribution < -0.4 is 5.32 Å². The van der Waals surface area contributed by atoms with Crippen LogP contribution in [0.15, 0.2) is 29.2 Å². The average molecular weight is 204 g/mol. The number of rotatable bonds is 4. The summed E-state index contributed by atoms with van der Waals surface area (Å²) in [6.45, 7) is 3.17. The molecule has 5 nitrogen and oxygen atoms in total. The summed E-state index contributed by atoms with van der Waals surface area (Å²) >= 11 is 0. The Hall–Kier alpha value is -1.75. The van der Waals surface area contributed by atoms with Crippen molar-refractivity contribution in [3.8, 4) is 0 Å². The third-order valence-electron chi connectivity index (χ3n) is 1.89. The predicted molar refractivity (Wildman–Crippen MR) is 53.8 cm³/mol. The summed E-state index contributed by atoms with van der Waals surface area (Å²) in [6.07, 6.45) is 4.97. The van der Waals surface area contributed by atoms with Crippen molar-refractivity contribution >= 4 is 0 Å².